The zero-order valence-electron chi connectivity index (χ0n) is 14.2. The number of carbonyl (C=O) groups is 1. The second-order valence-electron chi connectivity index (χ2n) is 6.33. The van der Waals surface area contributed by atoms with Gasteiger partial charge in [-0.1, -0.05) is 13.8 Å². The summed E-state index contributed by atoms with van der Waals surface area (Å²) in [5.41, 5.74) is 7.86. The Morgan fingerprint density at radius 2 is 2.15 bits per heavy atom. The first-order valence-electron chi connectivity index (χ1n) is 8.06. The summed E-state index contributed by atoms with van der Waals surface area (Å²) in [6.45, 7) is 3.19. The van der Waals surface area contributed by atoms with Gasteiger partial charge in [0.25, 0.3) is 0 Å². The molecule has 0 amide bonds. The van der Waals surface area contributed by atoms with Crippen LogP contribution < -0.4 is 11.2 Å². The van der Waals surface area contributed by atoms with Crippen LogP contribution in [0.1, 0.15) is 20.1 Å². The predicted octanol–water partition coefficient (Wildman–Crippen LogP) is -0.367. The summed E-state index contributed by atoms with van der Waals surface area (Å²) in [6.07, 6.45) is -2.86. The number of aromatic nitrogens is 3. The third kappa shape index (κ3) is 3.17. The van der Waals surface area contributed by atoms with Gasteiger partial charge in [0.15, 0.2) is 12.0 Å². The monoisotopic (exact) mass is 367 g/mol. The van der Waals surface area contributed by atoms with Gasteiger partial charge in [-0.25, -0.2) is 0 Å². The summed E-state index contributed by atoms with van der Waals surface area (Å²) in [6, 6.07) is 1.60. The molecule has 0 aromatic carbocycles. The molecular formula is C15H21N5O6. The second-order valence-corrected chi connectivity index (χ2v) is 6.33. The van der Waals surface area contributed by atoms with E-state index in [0.29, 0.717) is 11.0 Å². The predicted molar refractivity (Wildman–Crippen MR) is 89.1 cm³/mol. The topological polar surface area (TPSA) is 165 Å². The van der Waals surface area contributed by atoms with Crippen molar-refractivity contribution in [2.24, 2.45) is 5.92 Å². The first-order chi connectivity index (χ1) is 12.3. The zero-order valence-corrected chi connectivity index (χ0v) is 14.2. The molecule has 0 radical (unpaired) electrons. The molecule has 0 spiro atoms. The molecule has 11 nitrogen and oxygen atoms in total. The molecule has 2 aromatic rings. The Balaban J connectivity index is 1.85. The number of hydrogen-bond donors (Lipinski definition) is 5. The Labute approximate surface area is 148 Å². The molecule has 3 heterocycles. The number of esters is 1. The Hall–Kier alpha value is -2.47. The number of aliphatic hydroxyl groups is 2. The van der Waals surface area contributed by atoms with Crippen molar-refractivity contribution in [1.29, 1.82) is 0 Å². The van der Waals surface area contributed by atoms with Crippen LogP contribution >= 0.6 is 0 Å². The fraction of sp³-hybridized carbons (Fsp3) is 0.533. The number of nitrogens with one attached hydrogen (secondary N) is 1. The molecule has 6 N–H and O–H groups in total. The zero-order chi connectivity index (χ0) is 19.0. The van der Waals surface area contributed by atoms with Crippen molar-refractivity contribution in [3.8, 4) is 0 Å². The SMILES string of the molecule is CC(C)C(=O)OC[C@H]1O[C@@H](n2ccc3c(NO)nc(N)nc32)[C@H](O)[C@@H]1O. The van der Waals surface area contributed by atoms with E-state index in [-0.39, 0.29) is 24.3 Å². The van der Waals surface area contributed by atoms with Crippen molar-refractivity contribution in [2.45, 2.75) is 38.4 Å². The maximum Gasteiger partial charge on any atom is 0.308 e. The van der Waals surface area contributed by atoms with E-state index in [2.05, 4.69) is 9.97 Å². The molecule has 142 valence electrons. The molecule has 1 saturated heterocycles. The number of hydrogen-bond acceptors (Lipinski definition) is 10. The van der Waals surface area contributed by atoms with E-state index >= 15 is 0 Å². The van der Waals surface area contributed by atoms with Gasteiger partial charge in [-0.2, -0.15) is 9.97 Å². The summed E-state index contributed by atoms with van der Waals surface area (Å²) < 4.78 is 12.2. The Bertz CT molecular complexity index is 809. The maximum atomic E-state index is 11.6. The van der Waals surface area contributed by atoms with Crippen molar-refractivity contribution in [3.05, 3.63) is 12.3 Å². The van der Waals surface area contributed by atoms with Gasteiger partial charge in [0, 0.05) is 6.20 Å². The number of nitrogens with two attached hydrogens (primary N) is 1. The highest BCUT2D eigenvalue weighted by Gasteiger charge is 2.44. The van der Waals surface area contributed by atoms with Gasteiger partial charge < -0.3 is 30.0 Å². The van der Waals surface area contributed by atoms with E-state index in [9.17, 15) is 15.0 Å². The number of anilines is 2. The molecule has 0 aliphatic carbocycles. The smallest absolute Gasteiger partial charge is 0.308 e. The first-order valence-corrected chi connectivity index (χ1v) is 8.06. The van der Waals surface area contributed by atoms with E-state index in [0.717, 1.165) is 0 Å². The number of rotatable bonds is 5. The third-order valence-corrected chi connectivity index (χ3v) is 4.17. The molecular weight excluding hydrogens is 346 g/mol. The highest BCUT2D eigenvalue weighted by Crippen LogP contribution is 2.33. The van der Waals surface area contributed by atoms with Crippen molar-refractivity contribution in [1.82, 2.24) is 14.5 Å². The van der Waals surface area contributed by atoms with Gasteiger partial charge in [-0.05, 0) is 6.07 Å². The van der Waals surface area contributed by atoms with Gasteiger partial charge in [0.2, 0.25) is 5.95 Å². The van der Waals surface area contributed by atoms with Crippen molar-refractivity contribution in [3.63, 3.8) is 0 Å². The van der Waals surface area contributed by atoms with Gasteiger partial charge in [-0.15, -0.1) is 0 Å². The van der Waals surface area contributed by atoms with Crippen LogP contribution in [-0.2, 0) is 14.3 Å². The van der Waals surface area contributed by atoms with Gasteiger partial charge in [0.1, 0.15) is 30.6 Å². The second kappa shape index (κ2) is 7.03. The number of aliphatic hydroxyl groups excluding tert-OH is 2. The number of carbonyl (C=O) groups excluding carboxylic acids is 1. The van der Waals surface area contributed by atoms with Crippen LogP contribution in [0.2, 0.25) is 0 Å². The lowest BCUT2D eigenvalue weighted by molar-refractivity contribution is -0.153. The molecule has 0 unspecified atom stereocenters. The fourth-order valence-electron chi connectivity index (χ4n) is 2.77. The lowest BCUT2D eigenvalue weighted by Gasteiger charge is -2.17. The van der Waals surface area contributed by atoms with Gasteiger partial charge in [0.05, 0.1) is 11.3 Å². The van der Waals surface area contributed by atoms with E-state index in [1.165, 1.54) is 4.57 Å². The minimum atomic E-state index is -1.28. The average Bonchev–Trinajstić information content (AvgIpc) is 3.14. The van der Waals surface area contributed by atoms with Crippen molar-refractivity contribution < 1.29 is 29.7 Å². The molecule has 0 bridgehead atoms. The molecule has 2 aromatic heterocycles. The first kappa shape index (κ1) is 18.3. The van der Waals surface area contributed by atoms with Crippen LogP contribution in [-0.4, -0.2) is 60.8 Å². The lowest BCUT2D eigenvalue weighted by atomic mass is 10.1. The summed E-state index contributed by atoms with van der Waals surface area (Å²) in [5.74, 6) is -0.734. The van der Waals surface area contributed by atoms with Crippen LogP contribution in [0.5, 0.6) is 0 Å². The third-order valence-electron chi connectivity index (χ3n) is 4.17. The summed E-state index contributed by atoms with van der Waals surface area (Å²) in [4.78, 5) is 19.5. The molecule has 0 saturated carbocycles. The summed E-state index contributed by atoms with van der Waals surface area (Å²) in [5, 5.41) is 30.2. The van der Waals surface area contributed by atoms with Crippen LogP contribution in [0.15, 0.2) is 12.3 Å². The normalized spacial score (nSPS) is 25.8. The van der Waals surface area contributed by atoms with Crippen molar-refractivity contribution in [2.75, 3.05) is 17.8 Å². The maximum absolute atomic E-state index is 11.6. The van der Waals surface area contributed by atoms with E-state index in [4.69, 9.17) is 20.4 Å². The summed E-state index contributed by atoms with van der Waals surface area (Å²) >= 11 is 0. The molecule has 1 aliphatic rings. The Kier molecular flexibility index (Phi) is 4.96. The number of ether oxygens (including phenoxy) is 2. The van der Waals surface area contributed by atoms with E-state index < -0.39 is 30.5 Å². The van der Waals surface area contributed by atoms with Crippen LogP contribution in [0.3, 0.4) is 0 Å². The highest BCUT2D eigenvalue weighted by atomic mass is 16.6. The molecule has 3 rings (SSSR count). The number of fused-ring (bicyclic) bond motifs is 1. The number of nitrogen functional groups attached to an aromatic ring is 1. The van der Waals surface area contributed by atoms with E-state index in [1.54, 1.807) is 26.1 Å². The molecule has 26 heavy (non-hydrogen) atoms. The number of nitrogens with zero attached hydrogens (tertiary/aromatic N) is 3. The minimum Gasteiger partial charge on any atom is -0.463 e. The Morgan fingerprint density at radius 3 is 2.81 bits per heavy atom. The quantitative estimate of drug-likeness (QED) is 0.348. The highest BCUT2D eigenvalue weighted by molar-refractivity contribution is 5.88. The minimum absolute atomic E-state index is 0.0931. The molecule has 1 fully saturated rings. The standard InChI is InChI=1S/C15H21N5O6/c1-6(2)14(23)25-5-8-9(21)10(22)13(26-8)20-4-3-7-11(19-24)17-15(16)18-12(7)20/h3-4,6,8-10,13,21-22,24H,5H2,1-2H3,(H3,16,17,18,19)/t8-,9-,10-,13-/m1/s1. The van der Waals surface area contributed by atoms with Gasteiger partial charge in [-0.3, -0.25) is 15.5 Å². The van der Waals surface area contributed by atoms with Crippen LogP contribution in [0.4, 0.5) is 11.8 Å². The van der Waals surface area contributed by atoms with Gasteiger partial charge >= 0.3 is 5.97 Å². The van der Waals surface area contributed by atoms with Crippen LogP contribution in [0.25, 0.3) is 11.0 Å². The van der Waals surface area contributed by atoms with Crippen molar-refractivity contribution >= 4 is 28.8 Å². The fourth-order valence-corrected chi connectivity index (χ4v) is 2.77. The lowest BCUT2D eigenvalue weighted by Crippen LogP contribution is -2.34. The Morgan fingerprint density at radius 1 is 1.42 bits per heavy atom. The van der Waals surface area contributed by atoms with E-state index in [1.807, 2.05) is 5.48 Å². The molecule has 1 aliphatic heterocycles. The largest absolute Gasteiger partial charge is 0.463 e. The molecule has 11 heteroatoms. The summed E-state index contributed by atoms with van der Waals surface area (Å²) in [7, 11) is 0. The molecule has 4 atom stereocenters. The average molecular weight is 367 g/mol. The van der Waals surface area contributed by atoms with Crippen LogP contribution in [0, 0.1) is 5.92 Å².